The fraction of sp³-hybridized carbons (Fsp3) is 0.300. The quantitative estimate of drug-likeness (QED) is 0.836. The van der Waals surface area contributed by atoms with Crippen LogP contribution in [0.2, 0.25) is 5.02 Å². The maximum Gasteiger partial charge on any atom is 0.127 e. The Morgan fingerprint density at radius 1 is 1.64 bits per heavy atom. The van der Waals surface area contributed by atoms with Gasteiger partial charge >= 0.3 is 0 Å². The van der Waals surface area contributed by atoms with Crippen LogP contribution in [0.1, 0.15) is 12.5 Å². The van der Waals surface area contributed by atoms with Gasteiger partial charge in [0.2, 0.25) is 0 Å². The number of hydrogen-bond acceptors (Lipinski definition) is 2. The van der Waals surface area contributed by atoms with Crippen molar-refractivity contribution in [1.29, 1.82) is 5.26 Å². The fourth-order valence-electron chi connectivity index (χ4n) is 0.987. The predicted molar refractivity (Wildman–Crippen MR) is 53.3 cm³/mol. The molecule has 1 aromatic rings. The van der Waals surface area contributed by atoms with Gasteiger partial charge in [0.05, 0.1) is 12.1 Å². The van der Waals surface area contributed by atoms with Crippen molar-refractivity contribution in [2.75, 3.05) is 0 Å². The van der Waals surface area contributed by atoms with Crippen molar-refractivity contribution in [3.05, 3.63) is 34.6 Å². The Labute approximate surface area is 87.3 Å². The minimum atomic E-state index is -0.313. The molecule has 0 heterocycles. The van der Waals surface area contributed by atoms with E-state index in [4.69, 9.17) is 16.9 Å². The largest absolute Gasteiger partial charge is 0.298 e. The second-order valence-electron chi connectivity index (χ2n) is 2.97. The lowest BCUT2D eigenvalue weighted by Crippen LogP contribution is -2.23. The Bertz CT molecular complexity index is 360. The zero-order valence-corrected chi connectivity index (χ0v) is 8.48. The molecule has 1 unspecified atom stereocenters. The van der Waals surface area contributed by atoms with Crippen molar-refractivity contribution in [2.45, 2.75) is 19.5 Å². The molecule has 14 heavy (non-hydrogen) atoms. The van der Waals surface area contributed by atoms with Crippen molar-refractivity contribution >= 4 is 11.6 Å². The molecule has 0 amide bonds. The van der Waals surface area contributed by atoms with Gasteiger partial charge in [-0.3, -0.25) is 5.32 Å². The zero-order chi connectivity index (χ0) is 10.6. The first kappa shape index (κ1) is 11.0. The van der Waals surface area contributed by atoms with Crippen LogP contribution in [0, 0.1) is 17.1 Å². The minimum absolute atomic E-state index is 0.298. The molecule has 1 N–H and O–H groups in total. The lowest BCUT2D eigenvalue weighted by Gasteiger charge is -2.07. The first-order valence-corrected chi connectivity index (χ1v) is 4.58. The second-order valence-corrected chi connectivity index (χ2v) is 3.40. The van der Waals surface area contributed by atoms with Crippen LogP contribution in [-0.4, -0.2) is 6.04 Å². The first-order chi connectivity index (χ1) is 6.63. The third-order valence-corrected chi connectivity index (χ3v) is 2.04. The second kappa shape index (κ2) is 4.94. The van der Waals surface area contributed by atoms with Gasteiger partial charge < -0.3 is 0 Å². The maximum atomic E-state index is 13.1. The standard InChI is InChI=1S/C10H10ClFN2/c1-7(5-13)14-6-8-4-9(11)2-3-10(8)12/h2-4,7,14H,6H2,1H3. The summed E-state index contributed by atoms with van der Waals surface area (Å²) in [5.74, 6) is -0.313. The zero-order valence-electron chi connectivity index (χ0n) is 7.72. The van der Waals surface area contributed by atoms with Gasteiger partial charge in [0, 0.05) is 17.1 Å². The van der Waals surface area contributed by atoms with Crippen LogP contribution in [0.5, 0.6) is 0 Å². The molecule has 0 aliphatic carbocycles. The van der Waals surface area contributed by atoms with E-state index in [9.17, 15) is 4.39 Å². The number of rotatable bonds is 3. The summed E-state index contributed by atoms with van der Waals surface area (Å²) >= 11 is 5.71. The Balaban J connectivity index is 2.67. The number of nitrogens with zero attached hydrogens (tertiary/aromatic N) is 1. The lowest BCUT2D eigenvalue weighted by molar-refractivity contribution is 0.576. The molecule has 2 nitrogen and oxygen atoms in total. The van der Waals surface area contributed by atoms with Gasteiger partial charge in [-0.2, -0.15) is 5.26 Å². The summed E-state index contributed by atoms with van der Waals surface area (Å²) in [6.45, 7) is 2.02. The summed E-state index contributed by atoms with van der Waals surface area (Å²) in [4.78, 5) is 0. The van der Waals surface area contributed by atoms with Gasteiger partial charge in [-0.25, -0.2) is 4.39 Å². The normalized spacial score (nSPS) is 12.1. The number of halogens is 2. The highest BCUT2D eigenvalue weighted by molar-refractivity contribution is 6.30. The highest BCUT2D eigenvalue weighted by Gasteiger charge is 2.04. The number of nitrogens with one attached hydrogen (secondary N) is 1. The van der Waals surface area contributed by atoms with E-state index in [1.54, 1.807) is 13.0 Å². The van der Waals surface area contributed by atoms with Crippen molar-refractivity contribution in [2.24, 2.45) is 0 Å². The highest BCUT2D eigenvalue weighted by Crippen LogP contribution is 2.14. The van der Waals surface area contributed by atoms with Gasteiger partial charge in [0.1, 0.15) is 5.82 Å². The molecule has 0 bridgehead atoms. The van der Waals surface area contributed by atoms with Gasteiger partial charge in [-0.15, -0.1) is 0 Å². The Morgan fingerprint density at radius 3 is 3.00 bits per heavy atom. The van der Waals surface area contributed by atoms with Crippen molar-refractivity contribution in [3.63, 3.8) is 0 Å². The van der Waals surface area contributed by atoms with E-state index in [2.05, 4.69) is 5.32 Å². The molecule has 0 fully saturated rings. The molecule has 0 aliphatic rings. The molecule has 0 aromatic heterocycles. The molecule has 74 valence electrons. The third kappa shape index (κ3) is 2.99. The number of hydrogen-bond donors (Lipinski definition) is 1. The summed E-state index contributed by atoms with van der Waals surface area (Å²) in [7, 11) is 0. The summed E-state index contributed by atoms with van der Waals surface area (Å²) in [6, 6.07) is 6.06. The molecule has 4 heteroatoms. The Kier molecular flexibility index (Phi) is 3.87. The van der Waals surface area contributed by atoms with Crippen LogP contribution in [0.25, 0.3) is 0 Å². The predicted octanol–water partition coefficient (Wildman–Crippen LogP) is 2.48. The monoisotopic (exact) mass is 212 g/mol. The Hall–Kier alpha value is -1.11. The van der Waals surface area contributed by atoms with Crippen molar-refractivity contribution in [3.8, 4) is 6.07 Å². The highest BCUT2D eigenvalue weighted by atomic mass is 35.5. The van der Waals surface area contributed by atoms with Crippen LogP contribution in [-0.2, 0) is 6.54 Å². The van der Waals surface area contributed by atoms with Crippen molar-refractivity contribution in [1.82, 2.24) is 5.32 Å². The molecule has 0 spiro atoms. The molecule has 0 aliphatic heterocycles. The molecule has 0 radical (unpaired) electrons. The molecule has 1 atom stereocenters. The summed E-state index contributed by atoms with van der Waals surface area (Å²) in [5, 5.41) is 11.9. The van der Waals surface area contributed by atoms with Crippen molar-refractivity contribution < 1.29 is 4.39 Å². The topological polar surface area (TPSA) is 35.8 Å². The van der Waals surface area contributed by atoms with Gasteiger partial charge in [-0.1, -0.05) is 11.6 Å². The fourth-order valence-corrected chi connectivity index (χ4v) is 1.18. The van der Waals surface area contributed by atoms with E-state index in [1.807, 2.05) is 6.07 Å². The van der Waals surface area contributed by atoms with Gasteiger partial charge in [0.25, 0.3) is 0 Å². The third-order valence-electron chi connectivity index (χ3n) is 1.80. The average Bonchev–Trinajstić information content (AvgIpc) is 2.19. The summed E-state index contributed by atoms with van der Waals surface area (Å²) in [6.07, 6.45) is 0. The van der Waals surface area contributed by atoms with Crippen LogP contribution in [0.15, 0.2) is 18.2 Å². The van der Waals surface area contributed by atoms with Crippen LogP contribution in [0.3, 0.4) is 0 Å². The van der Waals surface area contributed by atoms with Crippen LogP contribution < -0.4 is 5.32 Å². The SMILES string of the molecule is CC(C#N)NCc1cc(Cl)ccc1F. The maximum absolute atomic E-state index is 13.1. The van der Waals surface area contributed by atoms with E-state index >= 15 is 0 Å². The van der Waals surface area contributed by atoms with E-state index in [-0.39, 0.29) is 11.9 Å². The van der Waals surface area contributed by atoms with Gasteiger partial charge in [0.15, 0.2) is 0 Å². The molecular formula is C10H10ClFN2. The summed E-state index contributed by atoms with van der Waals surface area (Å²) < 4.78 is 13.1. The molecule has 1 aromatic carbocycles. The van der Waals surface area contributed by atoms with Crippen LogP contribution >= 0.6 is 11.6 Å². The summed E-state index contributed by atoms with van der Waals surface area (Å²) in [5.41, 5.74) is 0.472. The minimum Gasteiger partial charge on any atom is -0.298 e. The number of nitriles is 1. The lowest BCUT2D eigenvalue weighted by atomic mass is 10.2. The molecule has 1 rings (SSSR count). The molecule has 0 saturated heterocycles. The smallest absolute Gasteiger partial charge is 0.127 e. The van der Waals surface area contributed by atoms with Gasteiger partial charge in [-0.05, 0) is 25.1 Å². The van der Waals surface area contributed by atoms with E-state index in [1.165, 1.54) is 12.1 Å². The van der Waals surface area contributed by atoms with Crippen LogP contribution in [0.4, 0.5) is 4.39 Å². The average molecular weight is 213 g/mol. The van der Waals surface area contributed by atoms with E-state index in [0.717, 1.165) is 0 Å². The first-order valence-electron chi connectivity index (χ1n) is 4.20. The van der Waals surface area contributed by atoms with E-state index in [0.29, 0.717) is 17.1 Å². The molecule has 0 saturated carbocycles. The molecular weight excluding hydrogens is 203 g/mol. The number of benzene rings is 1. The van der Waals surface area contributed by atoms with E-state index < -0.39 is 0 Å². The Morgan fingerprint density at radius 2 is 2.36 bits per heavy atom.